The number of nitrogens with one attached hydrogen (secondary N) is 1. The highest BCUT2D eigenvalue weighted by Crippen LogP contribution is 2.43. The van der Waals surface area contributed by atoms with Gasteiger partial charge in [-0.15, -0.1) is 0 Å². The van der Waals surface area contributed by atoms with E-state index in [0.717, 1.165) is 26.1 Å². The average molecular weight is 224 g/mol. The van der Waals surface area contributed by atoms with Crippen molar-refractivity contribution >= 4 is 5.91 Å². The largest absolute Gasteiger partial charge is 0.337 e. The normalized spacial score (nSPS) is 28.8. The van der Waals surface area contributed by atoms with Crippen LogP contribution in [-0.4, -0.2) is 36.5 Å². The quantitative estimate of drug-likeness (QED) is 0.790. The van der Waals surface area contributed by atoms with Crippen LogP contribution < -0.4 is 5.32 Å². The van der Waals surface area contributed by atoms with Gasteiger partial charge in [-0.2, -0.15) is 0 Å². The first-order valence-corrected chi connectivity index (χ1v) is 6.57. The Hall–Kier alpha value is -0.570. The Morgan fingerprint density at radius 3 is 2.50 bits per heavy atom. The van der Waals surface area contributed by atoms with Crippen molar-refractivity contribution in [1.82, 2.24) is 10.2 Å². The molecule has 0 aromatic heterocycles. The molecule has 3 heteroatoms. The summed E-state index contributed by atoms with van der Waals surface area (Å²) in [5.41, 5.74) is 0.210. The van der Waals surface area contributed by atoms with Crippen LogP contribution in [0.1, 0.15) is 40.0 Å². The summed E-state index contributed by atoms with van der Waals surface area (Å²) in [5.74, 6) is 0.657. The molecule has 2 aliphatic rings. The van der Waals surface area contributed by atoms with Crippen molar-refractivity contribution in [2.75, 3.05) is 19.6 Å². The summed E-state index contributed by atoms with van der Waals surface area (Å²) in [6.07, 6.45) is 3.50. The monoisotopic (exact) mass is 224 g/mol. The van der Waals surface area contributed by atoms with Gasteiger partial charge < -0.3 is 10.2 Å². The van der Waals surface area contributed by atoms with Gasteiger partial charge in [0.15, 0.2) is 0 Å². The fraction of sp³-hybridized carbons (Fsp3) is 0.923. The summed E-state index contributed by atoms with van der Waals surface area (Å²) in [4.78, 5) is 14.6. The SMILES string of the molecule is CCN(C(=O)C1CCCC1(C)C)C1CNC1. The molecule has 2 fully saturated rings. The Kier molecular flexibility index (Phi) is 3.24. The summed E-state index contributed by atoms with van der Waals surface area (Å²) in [5, 5.41) is 3.25. The molecule has 1 aliphatic carbocycles. The van der Waals surface area contributed by atoms with Crippen LogP contribution in [0.4, 0.5) is 0 Å². The van der Waals surface area contributed by atoms with Gasteiger partial charge in [0, 0.05) is 25.6 Å². The summed E-state index contributed by atoms with van der Waals surface area (Å²) < 4.78 is 0. The minimum absolute atomic E-state index is 0.210. The first kappa shape index (κ1) is 11.9. The number of nitrogens with zero attached hydrogens (tertiary/aromatic N) is 1. The minimum atomic E-state index is 0.210. The Labute approximate surface area is 98.6 Å². The highest BCUT2D eigenvalue weighted by atomic mass is 16.2. The van der Waals surface area contributed by atoms with E-state index in [1.54, 1.807) is 0 Å². The second-order valence-corrected chi connectivity index (χ2v) is 5.87. The van der Waals surface area contributed by atoms with Gasteiger partial charge >= 0.3 is 0 Å². The number of amides is 1. The lowest BCUT2D eigenvalue weighted by Crippen LogP contribution is -2.60. The zero-order chi connectivity index (χ0) is 11.8. The van der Waals surface area contributed by atoms with Crippen molar-refractivity contribution in [1.29, 1.82) is 0 Å². The molecule has 1 atom stereocenters. The van der Waals surface area contributed by atoms with E-state index in [4.69, 9.17) is 0 Å². The lowest BCUT2D eigenvalue weighted by molar-refractivity contribution is -0.141. The highest BCUT2D eigenvalue weighted by molar-refractivity contribution is 5.80. The molecule has 1 saturated heterocycles. The van der Waals surface area contributed by atoms with Gasteiger partial charge in [0.25, 0.3) is 0 Å². The maximum absolute atomic E-state index is 12.5. The summed E-state index contributed by atoms with van der Waals surface area (Å²) in [6, 6.07) is 0.453. The molecule has 16 heavy (non-hydrogen) atoms. The zero-order valence-corrected chi connectivity index (χ0v) is 10.8. The number of carbonyl (C=O) groups excluding carboxylic acids is 1. The Bertz CT molecular complexity index is 271. The summed E-state index contributed by atoms with van der Waals surface area (Å²) in [7, 11) is 0. The fourth-order valence-corrected chi connectivity index (χ4v) is 3.07. The second-order valence-electron chi connectivity index (χ2n) is 5.87. The van der Waals surface area contributed by atoms with Crippen LogP contribution in [0, 0.1) is 11.3 Å². The van der Waals surface area contributed by atoms with Gasteiger partial charge in [0.2, 0.25) is 5.91 Å². The molecular formula is C13H24N2O. The first-order chi connectivity index (χ1) is 7.56. The van der Waals surface area contributed by atoms with Crippen molar-refractivity contribution in [3.05, 3.63) is 0 Å². The van der Waals surface area contributed by atoms with E-state index in [2.05, 4.69) is 31.0 Å². The fourth-order valence-electron chi connectivity index (χ4n) is 3.07. The van der Waals surface area contributed by atoms with Crippen molar-refractivity contribution in [3.8, 4) is 0 Å². The van der Waals surface area contributed by atoms with Crippen LogP contribution in [0.15, 0.2) is 0 Å². The minimum Gasteiger partial charge on any atom is -0.337 e. The standard InChI is InChI=1S/C13H24N2O/c1-4-15(10-8-14-9-10)12(16)11-6-5-7-13(11,2)3/h10-11,14H,4-9H2,1-3H3. The molecule has 2 rings (SSSR count). The molecule has 0 radical (unpaired) electrons. The van der Waals surface area contributed by atoms with Crippen molar-refractivity contribution in [2.24, 2.45) is 11.3 Å². The van der Waals surface area contributed by atoms with E-state index in [-0.39, 0.29) is 11.3 Å². The van der Waals surface area contributed by atoms with Gasteiger partial charge in [0.05, 0.1) is 6.04 Å². The molecule has 1 amide bonds. The van der Waals surface area contributed by atoms with E-state index >= 15 is 0 Å². The smallest absolute Gasteiger partial charge is 0.226 e. The van der Waals surface area contributed by atoms with E-state index in [1.807, 2.05) is 0 Å². The molecule has 0 aromatic carbocycles. The molecule has 92 valence electrons. The summed E-state index contributed by atoms with van der Waals surface area (Å²) >= 11 is 0. The molecule has 1 aliphatic heterocycles. The van der Waals surface area contributed by atoms with Gasteiger partial charge in [-0.1, -0.05) is 20.3 Å². The first-order valence-electron chi connectivity index (χ1n) is 6.57. The van der Waals surface area contributed by atoms with Crippen molar-refractivity contribution < 1.29 is 4.79 Å². The van der Waals surface area contributed by atoms with Crippen LogP contribution in [0.2, 0.25) is 0 Å². The summed E-state index contributed by atoms with van der Waals surface area (Å²) in [6.45, 7) is 9.40. The Balaban J connectivity index is 2.04. The molecule has 0 spiro atoms. The predicted octanol–water partition coefficient (Wildman–Crippen LogP) is 1.63. The topological polar surface area (TPSA) is 32.3 Å². The third kappa shape index (κ3) is 1.97. The molecule has 0 bridgehead atoms. The maximum Gasteiger partial charge on any atom is 0.226 e. The molecule has 3 nitrogen and oxygen atoms in total. The lowest BCUT2D eigenvalue weighted by atomic mass is 9.80. The zero-order valence-electron chi connectivity index (χ0n) is 10.8. The Morgan fingerprint density at radius 2 is 2.12 bits per heavy atom. The van der Waals surface area contributed by atoms with E-state index in [0.29, 0.717) is 11.9 Å². The molecule has 1 unspecified atom stereocenters. The highest BCUT2D eigenvalue weighted by Gasteiger charge is 2.42. The third-order valence-corrected chi connectivity index (χ3v) is 4.38. The van der Waals surface area contributed by atoms with Gasteiger partial charge in [0.1, 0.15) is 0 Å². The van der Waals surface area contributed by atoms with Crippen molar-refractivity contribution in [3.63, 3.8) is 0 Å². The molecule has 1 saturated carbocycles. The predicted molar refractivity (Wildman–Crippen MR) is 65.2 cm³/mol. The van der Waals surface area contributed by atoms with Crippen LogP contribution in [0.3, 0.4) is 0 Å². The number of hydrogen-bond donors (Lipinski definition) is 1. The molecular weight excluding hydrogens is 200 g/mol. The van der Waals surface area contributed by atoms with E-state index in [1.165, 1.54) is 12.8 Å². The van der Waals surface area contributed by atoms with Crippen LogP contribution in [0.5, 0.6) is 0 Å². The Morgan fingerprint density at radius 1 is 1.44 bits per heavy atom. The van der Waals surface area contributed by atoms with Crippen LogP contribution in [-0.2, 0) is 4.79 Å². The lowest BCUT2D eigenvalue weighted by Gasteiger charge is -2.41. The number of rotatable bonds is 3. The van der Waals surface area contributed by atoms with Crippen LogP contribution >= 0.6 is 0 Å². The van der Waals surface area contributed by atoms with Gasteiger partial charge in [-0.3, -0.25) is 4.79 Å². The second kappa shape index (κ2) is 4.36. The van der Waals surface area contributed by atoms with Crippen molar-refractivity contribution in [2.45, 2.75) is 46.1 Å². The number of carbonyl (C=O) groups is 1. The average Bonchev–Trinajstić information content (AvgIpc) is 2.50. The molecule has 1 N–H and O–H groups in total. The molecule has 0 aromatic rings. The molecule has 1 heterocycles. The van der Waals surface area contributed by atoms with Crippen LogP contribution in [0.25, 0.3) is 0 Å². The number of hydrogen-bond acceptors (Lipinski definition) is 2. The van der Waals surface area contributed by atoms with Gasteiger partial charge in [-0.05, 0) is 25.2 Å². The van der Waals surface area contributed by atoms with Gasteiger partial charge in [-0.25, -0.2) is 0 Å². The number of likely N-dealkylation sites (N-methyl/N-ethyl adjacent to an activating group) is 1. The maximum atomic E-state index is 12.5. The van der Waals surface area contributed by atoms with E-state index in [9.17, 15) is 4.79 Å². The third-order valence-electron chi connectivity index (χ3n) is 4.38. The van der Waals surface area contributed by atoms with E-state index < -0.39 is 0 Å².